The topological polar surface area (TPSA) is 39.2 Å². The highest BCUT2D eigenvalue weighted by Gasteiger charge is 2.19. The second-order valence-electron chi connectivity index (χ2n) is 5.19. The monoisotopic (exact) mass is 403 g/mol. The van der Waals surface area contributed by atoms with Crippen LogP contribution in [0.25, 0.3) is 31.2 Å². The minimum absolute atomic E-state index is 0.298. The number of thiazole rings is 1. The van der Waals surface area contributed by atoms with Gasteiger partial charge in [-0.25, -0.2) is 9.78 Å². The Morgan fingerprint density at radius 1 is 1.20 bits per heavy atom. The summed E-state index contributed by atoms with van der Waals surface area (Å²) in [6, 6.07) is 12.4. The van der Waals surface area contributed by atoms with Crippen LogP contribution >= 0.6 is 45.8 Å². The van der Waals surface area contributed by atoms with Crippen molar-refractivity contribution in [2.24, 2.45) is 0 Å². The SMILES string of the molecule is COC(=O)c1cc(-c2nc(-c3cc4ccccc4s3)cs2)c(SC)s1. The van der Waals surface area contributed by atoms with Crippen molar-refractivity contribution in [2.45, 2.75) is 4.21 Å². The highest BCUT2D eigenvalue weighted by molar-refractivity contribution is 8.00. The Balaban J connectivity index is 1.74. The molecule has 0 aliphatic rings. The van der Waals surface area contributed by atoms with Gasteiger partial charge in [-0.15, -0.1) is 45.8 Å². The molecule has 0 spiro atoms. The number of aromatic nitrogens is 1. The maximum Gasteiger partial charge on any atom is 0.348 e. The van der Waals surface area contributed by atoms with E-state index in [0.29, 0.717) is 4.88 Å². The first kappa shape index (κ1) is 16.8. The predicted octanol–water partition coefficient (Wildman–Crippen LogP) is 6.26. The lowest BCUT2D eigenvalue weighted by Gasteiger charge is -1.95. The first-order valence-corrected chi connectivity index (χ1v) is 11.1. The Morgan fingerprint density at radius 3 is 2.80 bits per heavy atom. The largest absolute Gasteiger partial charge is 0.465 e. The zero-order chi connectivity index (χ0) is 17.4. The molecule has 0 radical (unpaired) electrons. The summed E-state index contributed by atoms with van der Waals surface area (Å²) < 4.78 is 7.19. The molecule has 3 aromatic heterocycles. The van der Waals surface area contributed by atoms with Gasteiger partial charge in [0.2, 0.25) is 0 Å². The minimum Gasteiger partial charge on any atom is -0.465 e. The fourth-order valence-electron chi connectivity index (χ4n) is 2.49. The van der Waals surface area contributed by atoms with Crippen LogP contribution in [-0.2, 0) is 4.74 Å². The fraction of sp³-hybridized carbons (Fsp3) is 0.111. The van der Waals surface area contributed by atoms with Crippen molar-refractivity contribution < 1.29 is 9.53 Å². The van der Waals surface area contributed by atoms with E-state index in [2.05, 4.69) is 35.7 Å². The van der Waals surface area contributed by atoms with Gasteiger partial charge in [-0.3, -0.25) is 0 Å². The number of thiophene rings is 2. The molecule has 0 bridgehead atoms. The molecule has 0 unspecified atom stereocenters. The van der Waals surface area contributed by atoms with E-state index in [1.165, 1.54) is 28.5 Å². The van der Waals surface area contributed by atoms with Gasteiger partial charge in [0.25, 0.3) is 0 Å². The lowest BCUT2D eigenvalue weighted by atomic mass is 10.2. The summed E-state index contributed by atoms with van der Waals surface area (Å²) in [6.07, 6.45) is 2.01. The molecule has 126 valence electrons. The van der Waals surface area contributed by atoms with Crippen LogP contribution in [0.3, 0.4) is 0 Å². The van der Waals surface area contributed by atoms with Crippen LogP contribution in [0.15, 0.2) is 46.0 Å². The van der Waals surface area contributed by atoms with Gasteiger partial charge < -0.3 is 4.74 Å². The molecule has 25 heavy (non-hydrogen) atoms. The Kier molecular flexibility index (Phi) is 4.64. The molecule has 3 heterocycles. The van der Waals surface area contributed by atoms with E-state index >= 15 is 0 Å². The Morgan fingerprint density at radius 2 is 2.04 bits per heavy atom. The third-order valence-electron chi connectivity index (χ3n) is 3.68. The van der Waals surface area contributed by atoms with Gasteiger partial charge in [-0.05, 0) is 29.8 Å². The number of methoxy groups -OCH3 is 1. The first-order chi connectivity index (χ1) is 12.2. The Labute approximate surface area is 161 Å². The molecule has 4 aromatic rings. The summed E-state index contributed by atoms with van der Waals surface area (Å²) in [5.41, 5.74) is 1.99. The average molecular weight is 404 g/mol. The molecule has 3 nitrogen and oxygen atoms in total. The molecule has 0 saturated heterocycles. The summed E-state index contributed by atoms with van der Waals surface area (Å²) in [5.74, 6) is -0.298. The maximum absolute atomic E-state index is 11.8. The summed E-state index contributed by atoms with van der Waals surface area (Å²) in [4.78, 5) is 18.4. The zero-order valence-electron chi connectivity index (χ0n) is 13.4. The molecular formula is C18H13NO2S4. The number of fused-ring (bicyclic) bond motifs is 1. The highest BCUT2D eigenvalue weighted by atomic mass is 32.2. The van der Waals surface area contributed by atoms with Gasteiger partial charge in [-0.2, -0.15) is 0 Å². The van der Waals surface area contributed by atoms with E-state index in [4.69, 9.17) is 9.72 Å². The number of thioether (sulfide) groups is 1. The van der Waals surface area contributed by atoms with Crippen LogP contribution in [0.2, 0.25) is 0 Å². The van der Waals surface area contributed by atoms with Crippen molar-refractivity contribution in [1.82, 2.24) is 4.98 Å². The minimum atomic E-state index is -0.298. The van der Waals surface area contributed by atoms with Crippen LogP contribution in [0.4, 0.5) is 0 Å². The van der Waals surface area contributed by atoms with E-state index in [-0.39, 0.29) is 5.97 Å². The second kappa shape index (κ2) is 6.92. The number of ether oxygens (including phenoxy) is 1. The molecule has 7 heteroatoms. The van der Waals surface area contributed by atoms with E-state index in [1.54, 1.807) is 34.4 Å². The number of esters is 1. The lowest BCUT2D eigenvalue weighted by Crippen LogP contribution is -1.96. The van der Waals surface area contributed by atoms with Gasteiger partial charge >= 0.3 is 5.97 Å². The van der Waals surface area contributed by atoms with Gasteiger partial charge in [0.1, 0.15) is 9.88 Å². The molecule has 0 aliphatic carbocycles. The van der Waals surface area contributed by atoms with Crippen LogP contribution in [0, 0.1) is 0 Å². The Bertz CT molecular complexity index is 1030. The van der Waals surface area contributed by atoms with E-state index < -0.39 is 0 Å². The number of carbonyl (C=O) groups excluding carboxylic acids is 1. The quantitative estimate of drug-likeness (QED) is 0.298. The van der Waals surface area contributed by atoms with Crippen LogP contribution in [0.1, 0.15) is 9.67 Å². The van der Waals surface area contributed by atoms with Gasteiger partial charge in [0.15, 0.2) is 0 Å². The molecule has 0 N–H and O–H groups in total. The van der Waals surface area contributed by atoms with Crippen molar-refractivity contribution in [2.75, 3.05) is 13.4 Å². The molecule has 0 atom stereocenters. The van der Waals surface area contributed by atoms with E-state index in [1.807, 2.05) is 12.3 Å². The number of hydrogen-bond donors (Lipinski definition) is 0. The molecule has 4 rings (SSSR count). The number of nitrogens with zero attached hydrogens (tertiary/aromatic N) is 1. The number of rotatable bonds is 4. The normalized spacial score (nSPS) is 11.1. The molecule has 0 fully saturated rings. The third-order valence-corrected chi connectivity index (χ3v) is 7.95. The van der Waals surface area contributed by atoms with Crippen molar-refractivity contribution >= 4 is 61.8 Å². The third kappa shape index (κ3) is 3.13. The predicted molar refractivity (Wildman–Crippen MR) is 109 cm³/mol. The maximum atomic E-state index is 11.8. The number of carbonyl (C=O) groups is 1. The first-order valence-electron chi connectivity index (χ1n) is 7.40. The molecule has 0 amide bonds. The Hall–Kier alpha value is -1.67. The molecule has 1 aromatic carbocycles. The summed E-state index contributed by atoms with van der Waals surface area (Å²) >= 11 is 6.44. The van der Waals surface area contributed by atoms with Crippen LogP contribution in [-0.4, -0.2) is 24.3 Å². The average Bonchev–Trinajstić information content (AvgIpc) is 3.36. The van der Waals surface area contributed by atoms with E-state index in [9.17, 15) is 4.79 Å². The van der Waals surface area contributed by atoms with Crippen molar-refractivity contribution in [3.05, 3.63) is 46.7 Å². The van der Waals surface area contributed by atoms with Crippen molar-refractivity contribution in [1.29, 1.82) is 0 Å². The zero-order valence-corrected chi connectivity index (χ0v) is 16.7. The smallest absolute Gasteiger partial charge is 0.348 e. The van der Waals surface area contributed by atoms with Crippen molar-refractivity contribution in [3.8, 4) is 21.1 Å². The molecule has 0 saturated carbocycles. The van der Waals surface area contributed by atoms with E-state index in [0.717, 1.165) is 25.4 Å². The molecular weight excluding hydrogens is 390 g/mol. The summed E-state index contributed by atoms with van der Waals surface area (Å²) in [6.45, 7) is 0. The van der Waals surface area contributed by atoms with Crippen LogP contribution < -0.4 is 0 Å². The lowest BCUT2D eigenvalue weighted by molar-refractivity contribution is 0.0606. The number of benzene rings is 1. The van der Waals surface area contributed by atoms with Crippen molar-refractivity contribution in [3.63, 3.8) is 0 Å². The van der Waals surface area contributed by atoms with Gasteiger partial charge in [0, 0.05) is 15.6 Å². The van der Waals surface area contributed by atoms with Gasteiger partial charge in [0.05, 0.1) is 21.9 Å². The number of hydrogen-bond acceptors (Lipinski definition) is 7. The van der Waals surface area contributed by atoms with Gasteiger partial charge in [-0.1, -0.05) is 18.2 Å². The second-order valence-corrected chi connectivity index (χ2v) is 9.26. The fourth-order valence-corrected chi connectivity index (χ4v) is 6.35. The van der Waals surface area contributed by atoms with Crippen LogP contribution in [0.5, 0.6) is 0 Å². The highest BCUT2D eigenvalue weighted by Crippen LogP contribution is 2.41. The summed E-state index contributed by atoms with van der Waals surface area (Å²) in [7, 11) is 1.41. The molecule has 0 aliphatic heterocycles. The standard InChI is InChI=1S/C18H13NO2S4/c1-21-17(20)15-8-11(18(22-2)25-15)16-19-12(9-23-16)14-7-10-5-3-4-6-13(10)24-14/h3-9H,1-2H3. The summed E-state index contributed by atoms with van der Waals surface area (Å²) in [5, 5.41) is 4.26.